The predicted octanol–water partition coefficient (Wildman–Crippen LogP) is 4.41. The number of hydrogen-bond acceptors (Lipinski definition) is 3. The summed E-state index contributed by atoms with van der Waals surface area (Å²) in [5.74, 6) is -0.686. The van der Waals surface area contributed by atoms with Crippen LogP contribution in [0.3, 0.4) is 0 Å². The van der Waals surface area contributed by atoms with Crippen molar-refractivity contribution in [1.82, 2.24) is 9.97 Å². The molecule has 0 bridgehead atoms. The van der Waals surface area contributed by atoms with Gasteiger partial charge in [0, 0.05) is 23.7 Å². The summed E-state index contributed by atoms with van der Waals surface area (Å²) in [6, 6.07) is 3.57. The summed E-state index contributed by atoms with van der Waals surface area (Å²) in [7, 11) is 0. The zero-order valence-corrected chi connectivity index (χ0v) is 11.9. The third-order valence-electron chi connectivity index (χ3n) is 2.79. The Hall–Kier alpha value is -1.75. The summed E-state index contributed by atoms with van der Waals surface area (Å²) in [5, 5.41) is 3.29. The van der Waals surface area contributed by atoms with E-state index in [1.54, 1.807) is 6.92 Å². The molecule has 20 heavy (non-hydrogen) atoms. The standard InChI is InChI=1S/C14H14ClF2N3/c1-3-4-12-19-13(15)8(2)14(20-12)18-9-5-6-10(16)11(17)7-9/h5-7H,3-4H2,1-2H3,(H,18,19,20). The highest BCUT2D eigenvalue weighted by molar-refractivity contribution is 6.30. The number of aryl methyl sites for hydroxylation is 1. The van der Waals surface area contributed by atoms with E-state index in [0.29, 0.717) is 34.5 Å². The van der Waals surface area contributed by atoms with Crippen molar-refractivity contribution in [2.75, 3.05) is 5.32 Å². The molecule has 0 saturated heterocycles. The molecule has 0 aliphatic carbocycles. The Morgan fingerprint density at radius 2 is 1.95 bits per heavy atom. The highest BCUT2D eigenvalue weighted by Crippen LogP contribution is 2.24. The van der Waals surface area contributed by atoms with E-state index in [2.05, 4.69) is 15.3 Å². The van der Waals surface area contributed by atoms with Crippen molar-refractivity contribution < 1.29 is 8.78 Å². The first-order chi connectivity index (χ1) is 9.51. The van der Waals surface area contributed by atoms with Crippen molar-refractivity contribution in [3.05, 3.63) is 46.4 Å². The monoisotopic (exact) mass is 297 g/mol. The van der Waals surface area contributed by atoms with Gasteiger partial charge >= 0.3 is 0 Å². The van der Waals surface area contributed by atoms with Crippen LogP contribution in [0.2, 0.25) is 5.15 Å². The number of hydrogen-bond donors (Lipinski definition) is 1. The number of anilines is 2. The van der Waals surface area contributed by atoms with E-state index >= 15 is 0 Å². The van der Waals surface area contributed by atoms with E-state index in [1.165, 1.54) is 6.07 Å². The molecule has 2 aromatic rings. The average molecular weight is 298 g/mol. The Balaban J connectivity index is 2.34. The molecule has 1 aromatic carbocycles. The van der Waals surface area contributed by atoms with Gasteiger partial charge in [0.15, 0.2) is 11.6 Å². The molecule has 0 spiro atoms. The van der Waals surface area contributed by atoms with Crippen LogP contribution in [0.4, 0.5) is 20.3 Å². The molecule has 0 amide bonds. The first-order valence-corrected chi connectivity index (χ1v) is 6.64. The number of benzene rings is 1. The number of nitrogens with zero attached hydrogens (tertiary/aromatic N) is 2. The fourth-order valence-corrected chi connectivity index (χ4v) is 1.89. The third kappa shape index (κ3) is 3.22. The van der Waals surface area contributed by atoms with Gasteiger partial charge in [0.1, 0.15) is 16.8 Å². The molecule has 0 fully saturated rings. The molecule has 0 unspecified atom stereocenters. The van der Waals surface area contributed by atoms with Crippen LogP contribution in [-0.2, 0) is 6.42 Å². The summed E-state index contributed by atoms with van der Waals surface area (Å²) in [5.41, 5.74) is 1.07. The SMILES string of the molecule is CCCc1nc(Cl)c(C)c(Nc2ccc(F)c(F)c2)n1. The Morgan fingerprint density at radius 3 is 2.60 bits per heavy atom. The second-order valence-corrected chi connectivity index (χ2v) is 4.77. The molecule has 1 heterocycles. The molecule has 0 aliphatic rings. The number of nitrogens with one attached hydrogen (secondary N) is 1. The molecule has 6 heteroatoms. The molecule has 1 N–H and O–H groups in total. The van der Waals surface area contributed by atoms with Gasteiger partial charge in [0.05, 0.1) is 0 Å². The lowest BCUT2D eigenvalue weighted by molar-refractivity contribution is 0.509. The summed E-state index contributed by atoms with van der Waals surface area (Å²) in [4.78, 5) is 8.52. The van der Waals surface area contributed by atoms with Gasteiger partial charge in [0.25, 0.3) is 0 Å². The number of aromatic nitrogens is 2. The smallest absolute Gasteiger partial charge is 0.160 e. The molecular formula is C14H14ClF2N3. The van der Waals surface area contributed by atoms with Crippen LogP contribution in [0.25, 0.3) is 0 Å². The van der Waals surface area contributed by atoms with E-state index in [1.807, 2.05) is 6.92 Å². The Labute approximate surface area is 121 Å². The molecule has 1 aromatic heterocycles. The average Bonchev–Trinajstić information content (AvgIpc) is 2.40. The van der Waals surface area contributed by atoms with E-state index in [0.717, 1.165) is 18.6 Å². The van der Waals surface area contributed by atoms with E-state index < -0.39 is 11.6 Å². The fraction of sp³-hybridized carbons (Fsp3) is 0.286. The van der Waals surface area contributed by atoms with Gasteiger partial charge < -0.3 is 5.32 Å². The van der Waals surface area contributed by atoms with Crippen LogP contribution in [0.15, 0.2) is 18.2 Å². The predicted molar refractivity (Wildman–Crippen MR) is 75.4 cm³/mol. The lowest BCUT2D eigenvalue weighted by Crippen LogP contribution is -2.04. The van der Waals surface area contributed by atoms with Gasteiger partial charge in [-0.2, -0.15) is 0 Å². The lowest BCUT2D eigenvalue weighted by atomic mass is 10.2. The van der Waals surface area contributed by atoms with Crippen LogP contribution < -0.4 is 5.32 Å². The minimum Gasteiger partial charge on any atom is -0.340 e. The minimum absolute atomic E-state index is 0.355. The molecule has 2 rings (SSSR count). The van der Waals surface area contributed by atoms with Gasteiger partial charge in [-0.1, -0.05) is 18.5 Å². The first kappa shape index (κ1) is 14.7. The maximum Gasteiger partial charge on any atom is 0.160 e. The van der Waals surface area contributed by atoms with Crippen LogP contribution in [0, 0.1) is 18.6 Å². The maximum absolute atomic E-state index is 13.2. The highest BCUT2D eigenvalue weighted by atomic mass is 35.5. The van der Waals surface area contributed by atoms with Crippen LogP contribution in [-0.4, -0.2) is 9.97 Å². The van der Waals surface area contributed by atoms with Gasteiger partial charge in [-0.05, 0) is 25.5 Å². The summed E-state index contributed by atoms with van der Waals surface area (Å²) >= 11 is 6.05. The Morgan fingerprint density at radius 1 is 1.20 bits per heavy atom. The topological polar surface area (TPSA) is 37.8 Å². The van der Waals surface area contributed by atoms with Crippen molar-refractivity contribution in [2.45, 2.75) is 26.7 Å². The number of rotatable bonds is 4. The summed E-state index contributed by atoms with van der Waals surface area (Å²) in [6.07, 6.45) is 1.59. The Bertz CT molecular complexity index is 632. The molecule has 3 nitrogen and oxygen atoms in total. The van der Waals surface area contributed by atoms with Gasteiger partial charge in [-0.3, -0.25) is 0 Å². The highest BCUT2D eigenvalue weighted by Gasteiger charge is 2.10. The quantitative estimate of drug-likeness (QED) is 0.849. The van der Waals surface area contributed by atoms with Gasteiger partial charge in [-0.15, -0.1) is 0 Å². The van der Waals surface area contributed by atoms with E-state index in [4.69, 9.17) is 11.6 Å². The molecule has 0 saturated carbocycles. The van der Waals surface area contributed by atoms with Crippen molar-refractivity contribution in [3.8, 4) is 0 Å². The third-order valence-corrected chi connectivity index (χ3v) is 3.16. The van der Waals surface area contributed by atoms with Gasteiger partial charge in [-0.25, -0.2) is 18.7 Å². The van der Waals surface area contributed by atoms with Crippen LogP contribution in [0.1, 0.15) is 24.7 Å². The second kappa shape index (κ2) is 6.13. The van der Waals surface area contributed by atoms with Crippen molar-refractivity contribution in [2.24, 2.45) is 0 Å². The van der Waals surface area contributed by atoms with E-state index in [-0.39, 0.29) is 0 Å². The normalized spacial score (nSPS) is 10.7. The molecular weight excluding hydrogens is 284 g/mol. The van der Waals surface area contributed by atoms with Gasteiger partial charge in [0.2, 0.25) is 0 Å². The van der Waals surface area contributed by atoms with Crippen LogP contribution in [0.5, 0.6) is 0 Å². The fourth-order valence-electron chi connectivity index (χ4n) is 1.70. The lowest BCUT2D eigenvalue weighted by Gasteiger charge is -2.11. The summed E-state index contributed by atoms with van der Waals surface area (Å²) < 4.78 is 26.1. The molecule has 0 atom stereocenters. The maximum atomic E-state index is 13.2. The zero-order chi connectivity index (χ0) is 14.7. The zero-order valence-electron chi connectivity index (χ0n) is 11.2. The van der Waals surface area contributed by atoms with Crippen molar-refractivity contribution in [1.29, 1.82) is 0 Å². The van der Waals surface area contributed by atoms with Crippen LogP contribution >= 0.6 is 11.6 Å². The number of halogens is 3. The molecule has 0 aliphatic heterocycles. The minimum atomic E-state index is -0.915. The Kier molecular flexibility index (Phi) is 4.49. The largest absolute Gasteiger partial charge is 0.340 e. The molecule has 106 valence electrons. The van der Waals surface area contributed by atoms with E-state index in [9.17, 15) is 8.78 Å². The molecule has 0 radical (unpaired) electrons. The summed E-state index contributed by atoms with van der Waals surface area (Å²) in [6.45, 7) is 3.78. The van der Waals surface area contributed by atoms with Crippen molar-refractivity contribution >= 4 is 23.1 Å². The first-order valence-electron chi connectivity index (χ1n) is 6.26. The van der Waals surface area contributed by atoms with Crippen molar-refractivity contribution in [3.63, 3.8) is 0 Å². The second-order valence-electron chi connectivity index (χ2n) is 4.41.